The summed E-state index contributed by atoms with van der Waals surface area (Å²) in [6.07, 6.45) is 2.58. The summed E-state index contributed by atoms with van der Waals surface area (Å²) < 4.78 is 6.96. The number of nitrogens with zero attached hydrogens (tertiary/aromatic N) is 3. The monoisotopic (exact) mass is 514 g/mol. The van der Waals surface area contributed by atoms with Crippen molar-refractivity contribution in [3.63, 3.8) is 0 Å². The van der Waals surface area contributed by atoms with Crippen LogP contribution in [0.1, 0.15) is 26.2 Å². The smallest absolute Gasteiger partial charge is 0.266 e. The molecule has 0 aliphatic carbocycles. The van der Waals surface area contributed by atoms with Gasteiger partial charge in [-0.1, -0.05) is 61.3 Å². The molecule has 0 spiro atoms. The van der Waals surface area contributed by atoms with E-state index in [0.717, 1.165) is 45.7 Å². The van der Waals surface area contributed by atoms with Gasteiger partial charge in [0.2, 0.25) is 5.91 Å². The highest BCUT2D eigenvalue weighted by molar-refractivity contribution is 8.00. The topological polar surface area (TPSA) is 76.5 Å². The number of thioether (sulfide) groups is 1. The molecule has 0 bridgehead atoms. The fraction of sp³-hybridized carbons (Fsp3) is 0.423. The minimum absolute atomic E-state index is 0.0308. The molecular formula is C26H31ClN4O3S. The average molecular weight is 515 g/mol. The lowest BCUT2D eigenvalue weighted by molar-refractivity contribution is -0.120. The van der Waals surface area contributed by atoms with Crippen molar-refractivity contribution < 1.29 is 9.53 Å². The van der Waals surface area contributed by atoms with Crippen LogP contribution in [0.2, 0.25) is 5.02 Å². The molecule has 1 fully saturated rings. The number of hydrogen-bond acceptors (Lipinski definition) is 6. The number of nitrogens with one attached hydrogen (secondary N) is 1. The lowest BCUT2D eigenvalue weighted by Gasteiger charge is -2.27. The van der Waals surface area contributed by atoms with Gasteiger partial charge in [-0.15, -0.1) is 0 Å². The molecule has 1 aliphatic heterocycles. The maximum atomic E-state index is 13.5. The van der Waals surface area contributed by atoms with Gasteiger partial charge in [-0.3, -0.25) is 19.1 Å². The van der Waals surface area contributed by atoms with Crippen LogP contribution in [0.4, 0.5) is 0 Å². The van der Waals surface area contributed by atoms with Crippen molar-refractivity contribution in [2.45, 2.75) is 36.6 Å². The molecule has 0 saturated carbocycles. The third-order valence-corrected chi connectivity index (χ3v) is 7.46. The molecule has 3 aromatic rings. The van der Waals surface area contributed by atoms with Gasteiger partial charge in [-0.25, -0.2) is 4.98 Å². The second kappa shape index (κ2) is 12.5. The van der Waals surface area contributed by atoms with Gasteiger partial charge in [0.1, 0.15) is 0 Å². The summed E-state index contributed by atoms with van der Waals surface area (Å²) in [7, 11) is 0. The maximum Gasteiger partial charge on any atom is 0.266 e. The quantitative estimate of drug-likeness (QED) is 0.324. The Hall–Kier alpha value is -2.39. The summed E-state index contributed by atoms with van der Waals surface area (Å²) in [5, 5.41) is 4.28. The van der Waals surface area contributed by atoms with E-state index < -0.39 is 0 Å². The summed E-state index contributed by atoms with van der Waals surface area (Å²) in [5.74, 6) is -0.0308. The number of aromatic nitrogens is 2. The van der Waals surface area contributed by atoms with Crippen molar-refractivity contribution in [2.24, 2.45) is 0 Å². The Balaban J connectivity index is 1.61. The Morgan fingerprint density at radius 1 is 1.20 bits per heavy atom. The molecule has 1 N–H and O–H groups in total. The van der Waals surface area contributed by atoms with Crippen molar-refractivity contribution in [1.82, 2.24) is 19.8 Å². The number of halogens is 1. The SMILES string of the molecule is CCCCC(Sc1nc2ccccc2c(=O)n1-c1cccc(Cl)c1)C(=O)NCCN1CCOCC1. The Labute approximate surface area is 214 Å². The summed E-state index contributed by atoms with van der Waals surface area (Å²) in [4.78, 5) is 33.9. The fourth-order valence-corrected chi connectivity index (χ4v) is 5.43. The van der Waals surface area contributed by atoms with E-state index in [1.807, 2.05) is 24.3 Å². The van der Waals surface area contributed by atoms with Gasteiger partial charge in [0.25, 0.3) is 5.56 Å². The number of para-hydroxylation sites is 1. The first-order chi connectivity index (χ1) is 17.1. The zero-order chi connectivity index (χ0) is 24.6. The normalized spacial score (nSPS) is 15.3. The van der Waals surface area contributed by atoms with E-state index in [2.05, 4.69) is 17.1 Å². The van der Waals surface area contributed by atoms with Gasteiger partial charge < -0.3 is 10.1 Å². The molecule has 0 radical (unpaired) electrons. The number of hydrogen-bond donors (Lipinski definition) is 1. The zero-order valence-electron chi connectivity index (χ0n) is 19.9. The van der Waals surface area contributed by atoms with E-state index in [0.29, 0.717) is 39.7 Å². The maximum absolute atomic E-state index is 13.5. The van der Waals surface area contributed by atoms with Gasteiger partial charge in [0.15, 0.2) is 5.16 Å². The minimum atomic E-state index is -0.363. The van der Waals surface area contributed by atoms with E-state index in [-0.39, 0.29) is 16.7 Å². The highest BCUT2D eigenvalue weighted by atomic mass is 35.5. The van der Waals surface area contributed by atoms with E-state index in [1.165, 1.54) is 11.8 Å². The number of morpholine rings is 1. The first-order valence-electron chi connectivity index (χ1n) is 12.1. The number of rotatable bonds is 10. The van der Waals surface area contributed by atoms with Crippen LogP contribution in [0.25, 0.3) is 16.6 Å². The third-order valence-electron chi connectivity index (χ3n) is 6.00. The predicted molar refractivity (Wildman–Crippen MR) is 142 cm³/mol. The van der Waals surface area contributed by atoms with Crippen LogP contribution in [0.3, 0.4) is 0 Å². The number of carbonyl (C=O) groups is 1. The van der Waals surface area contributed by atoms with Gasteiger partial charge in [0, 0.05) is 31.2 Å². The number of ether oxygens (including phenoxy) is 1. The van der Waals surface area contributed by atoms with Crippen LogP contribution >= 0.6 is 23.4 Å². The van der Waals surface area contributed by atoms with Gasteiger partial charge >= 0.3 is 0 Å². The molecule has 1 aliphatic rings. The van der Waals surface area contributed by atoms with Crippen molar-refractivity contribution in [1.29, 1.82) is 0 Å². The Morgan fingerprint density at radius 2 is 2.00 bits per heavy atom. The molecule has 7 nitrogen and oxygen atoms in total. The van der Waals surface area contributed by atoms with Crippen LogP contribution in [0, 0.1) is 0 Å². The van der Waals surface area contributed by atoms with E-state index in [4.69, 9.17) is 21.3 Å². The summed E-state index contributed by atoms with van der Waals surface area (Å²) in [5.41, 5.74) is 1.06. The van der Waals surface area contributed by atoms with Crippen molar-refractivity contribution >= 4 is 40.2 Å². The standard InChI is InChI=1S/C26H31ClN4O3S/c1-2-3-11-23(24(32)28-12-13-30-14-16-34-17-15-30)35-26-29-22-10-5-4-9-21(22)25(33)31(26)20-8-6-7-19(27)18-20/h4-10,18,23H,2-3,11-17H2,1H3,(H,28,32). The lowest BCUT2D eigenvalue weighted by Crippen LogP contribution is -2.43. The van der Waals surface area contributed by atoms with E-state index >= 15 is 0 Å². The van der Waals surface area contributed by atoms with Crippen LogP contribution in [0.15, 0.2) is 58.5 Å². The van der Waals surface area contributed by atoms with E-state index in [9.17, 15) is 9.59 Å². The van der Waals surface area contributed by atoms with E-state index in [1.54, 1.807) is 28.8 Å². The summed E-state index contributed by atoms with van der Waals surface area (Å²) in [6, 6.07) is 14.4. The Bertz CT molecular complexity index is 1210. The second-order valence-corrected chi connectivity index (χ2v) is 10.1. The van der Waals surface area contributed by atoms with Gasteiger partial charge in [0.05, 0.1) is 35.1 Å². The van der Waals surface area contributed by atoms with Gasteiger partial charge in [-0.2, -0.15) is 0 Å². The number of amides is 1. The molecule has 1 amide bonds. The summed E-state index contributed by atoms with van der Waals surface area (Å²) >= 11 is 7.59. The molecule has 186 valence electrons. The molecule has 1 unspecified atom stereocenters. The van der Waals surface area contributed by atoms with Crippen LogP contribution in [-0.4, -0.2) is 65.0 Å². The molecule has 4 rings (SSSR count). The number of fused-ring (bicyclic) bond motifs is 1. The van der Waals surface area contributed by atoms with Crippen molar-refractivity contribution in [3.8, 4) is 5.69 Å². The van der Waals surface area contributed by atoms with Crippen molar-refractivity contribution in [2.75, 3.05) is 39.4 Å². The molecule has 2 heterocycles. The second-order valence-electron chi connectivity index (χ2n) is 8.53. The number of carbonyl (C=O) groups excluding carboxylic acids is 1. The van der Waals surface area contributed by atoms with Gasteiger partial charge in [-0.05, 0) is 36.8 Å². The molecule has 2 aromatic carbocycles. The molecule has 9 heteroatoms. The highest BCUT2D eigenvalue weighted by Crippen LogP contribution is 2.29. The molecule has 1 aromatic heterocycles. The molecule has 35 heavy (non-hydrogen) atoms. The minimum Gasteiger partial charge on any atom is -0.379 e. The Morgan fingerprint density at radius 3 is 2.77 bits per heavy atom. The Kier molecular flexibility index (Phi) is 9.20. The lowest BCUT2D eigenvalue weighted by atomic mass is 10.2. The van der Waals surface area contributed by atoms with Crippen LogP contribution in [0.5, 0.6) is 0 Å². The largest absolute Gasteiger partial charge is 0.379 e. The van der Waals surface area contributed by atoms with Crippen LogP contribution < -0.4 is 10.9 Å². The predicted octanol–water partition coefficient (Wildman–Crippen LogP) is 4.14. The number of unbranched alkanes of at least 4 members (excludes halogenated alkanes) is 1. The first-order valence-corrected chi connectivity index (χ1v) is 13.3. The molecule has 1 saturated heterocycles. The fourth-order valence-electron chi connectivity index (χ4n) is 4.07. The highest BCUT2D eigenvalue weighted by Gasteiger charge is 2.24. The third kappa shape index (κ3) is 6.64. The van der Waals surface area contributed by atoms with Crippen molar-refractivity contribution in [3.05, 3.63) is 63.9 Å². The molecular weight excluding hydrogens is 484 g/mol. The first kappa shape index (κ1) is 25.7. The average Bonchev–Trinajstić information content (AvgIpc) is 2.87. The molecule has 1 atom stereocenters. The summed E-state index contributed by atoms with van der Waals surface area (Å²) in [6.45, 7) is 6.72. The van der Waals surface area contributed by atoms with Crippen LogP contribution in [-0.2, 0) is 9.53 Å². The zero-order valence-corrected chi connectivity index (χ0v) is 21.5. The number of benzene rings is 2.